The van der Waals surface area contributed by atoms with Gasteiger partial charge in [-0.2, -0.15) is 0 Å². The number of aryl methyl sites for hydroxylation is 1. The summed E-state index contributed by atoms with van der Waals surface area (Å²) >= 11 is 7.52. The molecule has 2 rings (SSSR count). The van der Waals surface area contributed by atoms with Crippen LogP contribution in [0.5, 0.6) is 0 Å². The third-order valence-corrected chi connectivity index (χ3v) is 3.34. The molecule has 0 fully saturated rings. The van der Waals surface area contributed by atoms with Crippen LogP contribution in [0.3, 0.4) is 0 Å². The fourth-order valence-electron chi connectivity index (χ4n) is 1.14. The minimum absolute atomic E-state index is 0.470. The van der Waals surface area contributed by atoms with Crippen LogP contribution in [0.25, 0.3) is 0 Å². The molecule has 0 amide bonds. The van der Waals surface area contributed by atoms with Gasteiger partial charge in [-0.15, -0.1) is 10.2 Å². The second-order valence-electron chi connectivity index (χ2n) is 3.18. The van der Waals surface area contributed by atoms with Gasteiger partial charge in [-0.25, -0.2) is 4.98 Å². The van der Waals surface area contributed by atoms with E-state index in [-0.39, 0.29) is 0 Å². The minimum Gasteiger partial charge on any atom is -0.384 e. The van der Waals surface area contributed by atoms with Crippen molar-refractivity contribution in [2.24, 2.45) is 7.05 Å². The molecule has 0 aliphatic rings. The Balaban J connectivity index is 2.10. The summed E-state index contributed by atoms with van der Waals surface area (Å²) in [4.78, 5) is 4.17. The Hall–Kier alpha value is -1.27. The van der Waals surface area contributed by atoms with Crippen molar-refractivity contribution < 1.29 is 0 Å². The van der Waals surface area contributed by atoms with E-state index in [1.165, 1.54) is 11.8 Å². The highest BCUT2D eigenvalue weighted by atomic mass is 35.5. The van der Waals surface area contributed by atoms with Crippen LogP contribution in [0.15, 0.2) is 23.6 Å². The smallest absolute Gasteiger partial charge is 0.191 e. The summed E-state index contributed by atoms with van der Waals surface area (Å²) < 4.78 is 1.84. The number of anilines is 1. The van der Waals surface area contributed by atoms with Crippen molar-refractivity contribution in [1.29, 1.82) is 0 Å². The number of hydrogen-bond donors (Lipinski definition) is 1. The van der Waals surface area contributed by atoms with Crippen LogP contribution < -0.4 is 5.73 Å². The molecule has 2 heterocycles. The summed E-state index contributed by atoms with van der Waals surface area (Å²) in [5.41, 5.74) is 6.35. The number of nitrogens with two attached hydrogens (primary N) is 1. The highest BCUT2D eigenvalue weighted by Gasteiger charge is 2.06. The van der Waals surface area contributed by atoms with Crippen LogP contribution in [0.2, 0.25) is 5.02 Å². The van der Waals surface area contributed by atoms with Gasteiger partial charge in [-0.3, -0.25) is 0 Å². The van der Waals surface area contributed by atoms with Crippen molar-refractivity contribution in [2.45, 2.75) is 10.9 Å². The van der Waals surface area contributed by atoms with Crippen LogP contribution >= 0.6 is 23.4 Å². The van der Waals surface area contributed by atoms with Gasteiger partial charge >= 0.3 is 0 Å². The van der Waals surface area contributed by atoms with Gasteiger partial charge in [0.25, 0.3) is 0 Å². The zero-order valence-corrected chi connectivity index (χ0v) is 10.2. The Morgan fingerprint density at radius 3 is 3.00 bits per heavy atom. The fourth-order valence-corrected chi connectivity index (χ4v) is 2.23. The maximum Gasteiger partial charge on any atom is 0.191 e. The average molecular weight is 256 g/mol. The largest absolute Gasteiger partial charge is 0.384 e. The van der Waals surface area contributed by atoms with E-state index in [0.717, 1.165) is 10.9 Å². The summed E-state index contributed by atoms with van der Waals surface area (Å²) in [7, 11) is 1.89. The Labute approximate surface area is 102 Å². The Kier molecular flexibility index (Phi) is 3.31. The average Bonchev–Trinajstić information content (AvgIpc) is 2.66. The fraction of sp³-hybridized carbons (Fsp3) is 0.222. The molecule has 2 aromatic heterocycles. The maximum absolute atomic E-state index is 6.00. The van der Waals surface area contributed by atoms with Crippen LogP contribution in [0.4, 0.5) is 5.82 Å². The summed E-state index contributed by atoms with van der Waals surface area (Å²) in [5, 5.41) is 9.18. The number of pyridine rings is 1. The minimum atomic E-state index is 0.470. The molecule has 5 nitrogen and oxygen atoms in total. The standard InChI is InChI=1S/C9H10ClN5S/c1-15-5-12-14-9(15)16-4-7-6(10)2-3-8(11)13-7/h2-3,5H,4H2,1H3,(H2,11,13). The van der Waals surface area contributed by atoms with E-state index < -0.39 is 0 Å². The van der Waals surface area contributed by atoms with E-state index in [4.69, 9.17) is 17.3 Å². The molecule has 0 saturated carbocycles. The molecule has 0 bridgehead atoms. The van der Waals surface area contributed by atoms with Crippen molar-refractivity contribution in [1.82, 2.24) is 19.7 Å². The van der Waals surface area contributed by atoms with Gasteiger partial charge in [0.05, 0.1) is 10.7 Å². The summed E-state index contributed by atoms with van der Waals surface area (Å²) in [6, 6.07) is 3.43. The topological polar surface area (TPSA) is 69.6 Å². The van der Waals surface area contributed by atoms with Crippen molar-refractivity contribution in [3.05, 3.63) is 29.2 Å². The van der Waals surface area contributed by atoms with Crippen LogP contribution in [0.1, 0.15) is 5.69 Å². The second-order valence-corrected chi connectivity index (χ2v) is 4.53. The van der Waals surface area contributed by atoms with Gasteiger partial charge < -0.3 is 10.3 Å². The molecule has 2 aromatic rings. The molecule has 0 atom stereocenters. The first-order chi connectivity index (χ1) is 7.66. The molecule has 7 heteroatoms. The Morgan fingerprint density at radius 1 is 1.50 bits per heavy atom. The van der Waals surface area contributed by atoms with Crippen LogP contribution in [-0.2, 0) is 12.8 Å². The monoisotopic (exact) mass is 255 g/mol. The van der Waals surface area contributed by atoms with Crippen molar-refractivity contribution in [3.8, 4) is 0 Å². The number of thioether (sulfide) groups is 1. The van der Waals surface area contributed by atoms with Crippen LogP contribution in [-0.4, -0.2) is 19.7 Å². The predicted molar refractivity (Wildman–Crippen MR) is 64.2 cm³/mol. The molecule has 0 aliphatic heterocycles. The third kappa shape index (κ3) is 2.45. The highest BCUT2D eigenvalue weighted by molar-refractivity contribution is 7.98. The third-order valence-electron chi connectivity index (χ3n) is 1.95. The molecule has 0 saturated heterocycles. The van der Waals surface area contributed by atoms with Crippen LogP contribution in [0, 0.1) is 0 Å². The number of nitrogens with zero attached hydrogens (tertiary/aromatic N) is 4. The van der Waals surface area contributed by atoms with E-state index in [2.05, 4.69) is 15.2 Å². The first-order valence-electron chi connectivity index (χ1n) is 4.54. The first-order valence-corrected chi connectivity index (χ1v) is 5.91. The van der Waals surface area contributed by atoms with Crippen molar-refractivity contribution in [3.63, 3.8) is 0 Å². The zero-order chi connectivity index (χ0) is 11.5. The lowest BCUT2D eigenvalue weighted by molar-refractivity contribution is 0.788. The van der Waals surface area contributed by atoms with Crippen molar-refractivity contribution in [2.75, 3.05) is 5.73 Å². The van der Waals surface area contributed by atoms with Gasteiger partial charge in [0, 0.05) is 12.8 Å². The number of rotatable bonds is 3. The quantitative estimate of drug-likeness (QED) is 0.846. The van der Waals surface area contributed by atoms with E-state index in [1.807, 2.05) is 11.6 Å². The summed E-state index contributed by atoms with van der Waals surface area (Å²) in [6.45, 7) is 0. The van der Waals surface area contributed by atoms with E-state index in [0.29, 0.717) is 16.6 Å². The number of aromatic nitrogens is 4. The molecule has 0 spiro atoms. The maximum atomic E-state index is 6.00. The first kappa shape index (κ1) is 11.2. The molecule has 2 N–H and O–H groups in total. The molecule has 16 heavy (non-hydrogen) atoms. The molecule has 0 unspecified atom stereocenters. The molecule has 0 aromatic carbocycles. The van der Waals surface area contributed by atoms with Crippen molar-refractivity contribution >= 4 is 29.2 Å². The second kappa shape index (κ2) is 4.71. The van der Waals surface area contributed by atoms with E-state index in [1.54, 1.807) is 18.5 Å². The van der Waals surface area contributed by atoms with Gasteiger partial charge in [-0.05, 0) is 12.1 Å². The van der Waals surface area contributed by atoms with Gasteiger partial charge in [0.2, 0.25) is 0 Å². The predicted octanol–water partition coefficient (Wildman–Crippen LogP) is 1.74. The van der Waals surface area contributed by atoms with Gasteiger partial charge in [0.15, 0.2) is 5.16 Å². The highest BCUT2D eigenvalue weighted by Crippen LogP contribution is 2.24. The molecular weight excluding hydrogens is 246 g/mol. The molecule has 0 aliphatic carbocycles. The molecule has 0 radical (unpaired) electrons. The summed E-state index contributed by atoms with van der Waals surface area (Å²) in [5.74, 6) is 1.09. The number of nitrogen functional groups attached to an aromatic ring is 1. The number of halogens is 1. The normalized spacial score (nSPS) is 10.6. The lowest BCUT2D eigenvalue weighted by Gasteiger charge is -2.03. The Bertz CT molecular complexity index is 498. The SMILES string of the molecule is Cn1cnnc1SCc1nc(N)ccc1Cl. The lowest BCUT2D eigenvalue weighted by Crippen LogP contribution is -1.96. The van der Waals surface area contributed by atoms with E-state index in [9.17, 15) is 0 Å². The van der Waals surface area contributed by atoms with Gasteiger partial charge in [0.1, 0.15) is 12.1 Å². The van der Waals surface area contributed by atoms with Gasteiger partial charge in [-0.1, -0.05) is 23.4 Å². The lowest BCUT2D eigenvalue weighted by atomic mass is 10.4. The summed E-state index contributed by atoms with van der Waals surface area (Å²) in [6.07, 6.45) is 1.65. The molecular formula is C9H10ClN5S. The Morgan fingerprint density at radius 2 is 2.31 bits per heavy atom. The van der Waals surface area contributed by atoms with E-state index >= 15 is 0 Å². The molecule has 84 valence electrons. The zero-order valence-electron chi connectivity index (χ0n) is 8.59. The number of hydrogen-bond acceptors (Lipinski definition) is 5.